The Morgan fingerprint density at radius 1 is 1.05 bits per heavy atom. The van der Waals surface area contributed by atoms with Crippen LogP contribution in [0.2, 0.25) is 0 Å². The lowest BCUT2D eigenvalue weighted by Crippen LogP contribution is -2.29. The van der Waals surface area contributed by atoms with Gasteiger partial charge in [0.15, 0.2) is 0 Å². The maximum absolute atomic E-state index is 6.17. The van der Waals surface area contributed by atoms with Gasteiger partial charge >= 0.3 is 0 Å². The van der Waals surface area contributed by atoms with Crippen molar-refractivity contribution >= 4 is 15.9 Å². The van der Waals surface area contributed by atoms with Crippen LogP contribution in [0.1, 0.15) is 29.7 Å². The van der Waals surface area contributed by atoms with Crippen molar-refractivity contribution in [2.75, 3.05) is 0 Å². The first-order valence-electron chi connectivity index (χ1n) is 6.72. The van der Waals surface area contributed by atoms with Gasteiger partial charge in [-0.2, -0.15) is 0 Å². The number of hydrogen-bond donors (Lipinski definition) is 1. The average Bonchev–Trinajstić information content (AvgIpc) is 2.40. The molecule has 2 rings (SSSR count). The van der Waals surface area contributed by atoms with Crippen LogP contribution in [0.25, 0.3) is 0 Å². The number of halogens is 1. The van der Waals surface area contributed by atoms with Gasteiger partial charge in [0.2, 0.25) is 0 Å². The van der Waals surface area contributed by atoms with Crippen LogP contribution in [-0.4, -0.2) is 6.04 Å². The SMILES string of the molecule is Cc1ccc(C)c(OC(c2ccc(Br)cc2)C(C)N)c1. The van der Waals surface area contributed by atoms with Gasteiger partial charge in [0.1, 0.15) is 11.9 Å². The second kappa shape index (κ2) is 6.42. The smallest absolute Gasteiger partial charge is 0.138 e. The molecular formula is C17H20BrNO. The second-order valence-electron chi connectivity index (χ2n) is 5.22. The molecule has 20 heavy (non-hydrogen) atoms. The second-order valence-corrected chi connectivity index (χ2v) is 6.13. The molecule has 0 saturated carbocycles. The van der Waals surface area contributed by atoms with Gasteiger partial charge in [-0.25, -0.2) is 0 Å². The summed E-state index contributed by atoms with van der Waals surface area (Å²) in [6, 6.07) is 14.2. The fraction of sp³-hybridized carbons (Fsp3) is 0.294. The van der Waals surface area contributed by atoms with Crippen molar-refractivity contribution in [3.05, 3.63) is 63.6 Å². The first kappa shape index (κ1) is 15.1. The summed E-state index contributed by atoms with van der Waals surface area (Å²) in [7, 11) is 0. The van der Waals surface area contributed by atoms with E-state index >= 15 is 0 Å². The van der Waals surface area contributed by atoms with E-state index in [9.17, 15) is 0 Å². The lowest BCUT2D eigenvalue weighted by Gasteiger charge is -2.24. The van der Waals surface area contributed by atoms with Crippen molar-refractivity contribution < 1.29 is 4.74 Å². The highest BCUT2D eigenvalue weighted by Crippen LogP contribution is 2.28. The van der Waals surface area contributed by atoms with E-state index in [4.69, 9.17) is 10.5 Å². The molecule has 2 atom stereocenters. The molecule has 0 spiro atoms. The molecule has 0 radical (unpaired) electrons. The van der Waals surface area contributed by atoms with Gasteiger partial charge in [-0.05, 0) is 55.7 Å². The molecule has 0 fully saturated rings. The van der Waals surface area contributed by atoms with Crippen LogP contribution in [0.3, 0.4) is 0 Å². The zero-order valence-electron chi connectivity index (χ0n) is 12.1. The van der Waals surface area contributed by atoms with E-state index < -0.39 is 0 Å². The molecular weight excluding hydrogens is 314 g/mol. The molecule has 0 aliphatic heterocycles. The standard InChI is InChI=1S/C17H20BrNO/c1-11-4-5-12(2)16(10-11)20-17(13(3)19)14-6-8-15(18)9-7-14/h4-10,13,17H,19H2,1-3H3. The number of rotatable bonds is 4. The van der Waals surface area contributed by atoms with E-state index in [0.29, 0.717) is 0 Å². The Balaban J connectivity index is 2.30. The topological polar surface area (TPSA) is 35.2 Å². The predicted molar refractivity (Wildman–Crippen MR) is 87.1 cm³/mol. The summed E-state index contributed by atoms with van der Waals surface area (Å²) in [5.41, 5.74) is 9.50. The van der Waals surface area contributed by atoms with Crippen molar-refractivity contribution in [1.29, 1.82) is 0 Å². The molecule has 0 heterocycles. The lowest BCUT2D eigenvalue weighted by atomic mass is 10.0. The summed E-state index contributed by atoms with van der Waals surface area (Å²) in [5.74, 6) is 0.898. The Bertz CT molecular complexity index is 578. The Hall–Kier alpha value is -1.32. The summed E-state index contributed by atoms with van der Waals surface area (Å²) >= 11 is 3.45. The molecule has 0 amide bonds. The third-order valence-corrected chi connectivity index (χ3v) is 3.80. The number of nitrogens with two attached hydrogens (primary N) is 1. The van der Waals surface area contributed by atoms with Gasteiger partial charge < -0.3 is 10.5 Å². The molecule has 2 N–H and O–H groups in total. The van der Waals surface area contributed by atoms with E-state index in [1.807, 2.05) is 31.2 Å². The molecule has 2 nitrogen and oxygen atoms in total. The monoisotopic (exact) mass is 333 g/mol. The summed E-state index contributed by atoms with van der Waals surface area (Å²) < 4.78 is 7.23. The Labute approximate surface area is 129 Å². The largest absolute Gasteiger partial charge is 0.484 e. The Morgan fingerprint density at radius 3 is 2.30 bits per heavy atom. The van der Waals surface area contributed by atoms with Gasteiger partial charge in [0, 0.05) is 10.5 Å². The van der Waals surface area contributed by atoms with Gasteiger partial charge in [-0.1, -0.05) is 40.2 Å². The minimum atomic E-state index is -0.149. The molecule has 0 aliphatic carbocycles. The summed E-state index contributed by atoms with van der Waals surface area (Å²) in [4.78, 5) is 0. The van der Waals surface area contributed by atoms with Crippen LogP contribution in [0.4, 0.5) is 0 Å². The van der Waals surface area contributed by atoms with Gasteiger partial charge in [-0.15, -0.1) is 0 Å². The highest BCUT2D eigenvalue weighted by Gasteiger charge is 2.19. The van der Waals surface area contributed by atoms with E-state index in [1.54, 1.807) is 0 Å². The highest BCUT2D eigenvalue weighted by molar-refractivity contribution is 9.10. The number of benzene rings is 2. The fourth-order valence-electron chi connectivity index (χ4n) is 2.10. The maximum atomic E-state index is 6.17. The minimum Gasteiger partial charge on any atom is -0.484 e. The van der Waals surface area contributed by atoms with E-state index in [-0.39, 0.29) is 12.1 Å². The normalized spacial score (nSPS) is 13.8. The Kier molecular flexibility index (Phi) is 4.84. The molecule has 2 aromatic carbocycles. The van der Waals surface area contributed by atoms with Crippen LogP contribution in [0.15, 0.2) is 46.9 Å². The quantitative estimate of drug-likeness (QED) is 0.891. The predicted octanol–water partition coefficient (Wildman–Crippen LogP) is 4.53. The van der Waals surface area contributed by atoms with Crippen molar-refractivity contribution in [2.24, 2.45) is 5.73 Å². The fourth-order valence-corrected chi connectivity index (χ4v) is 2.37. The van der Waals surface area contributed by atoms with E-state index in [1.165, 1.54) is 5.56 Å². The van der Waals surface area contributed by atoms with Crippen molar-refractivity contribution in [3.8, 4) is 5.75 Å². The first-order chi connectivity index (χ1) is 9.47. The molecule has 0 bridgehead atoms. The zero-order chi connectivity index (χ0) is 14.7. The van der Waals surface area contributed by atoms with E-state index in [2.05, 4.69) is 48.0 Å². The molecule has 2 unspecified atom stereocenters. The third kappa shape index (κ3) is 3.62. The van der Waals surface area contributed by atoms with Crippen molar-refractivity contribution in [3.63, 3.8) is 0 Å². The number of aryl methyl sites for hydroxylation is 2. The van der Waals surface area contributed by atoms with Crippen molar-refractivity contribution in [1.82, 2.24) is 0 Å². The van der Waals surface area contributed by atoms with E-state index in [0.717, 1.165) is 21.3 Å². The van der Waals surface area contributed by atoms with Crippen LogP contribution < -0.4 is 10.5 Å². The lowest BCUT2D eigenvalue weighted by molar-refractivity contribution is 0.179. The number of ether oxygens (including phenoxy) is 1. The number of hydrogen-bond acceptors (Lipinski definition) is 2. The summed E-state index contributed by atoms with van der Waals surface area (Å²) in [5, 5.41) is 0. The molecule has 2 aromatic rings. The molecule has 106 valence electrons. The van der Waals surface area contributed by atoms with Crippen LogP contribution in [0, 0.1) is 13.8 Å². The van der Waals surface area contributed by atoms with Crippen LogP contribution >= 0.6 is 15.9 Å². The minimum absolute atomic E-state index is 0.0870. The van der Waals surface area contributed by atoms with Crippen molar-refractivity contribution in [2.45, 2.75) is 32.9 Å². The first-order valence-corrected chi connectivity index (χ1v) is 7.51. The third-order valence-electron chi connectivity index (χ3n) is 3.27. The Morgan fingerprint density at radius 2 is 1.70 bits per heavy atom. The summed E-state index contributed by atoms with van der Waals surface area (Å²) in [6.07, 6.45) is -0.149. The molecule has 0 aromatic heterocycles. The molecule has 3 heteroatoms. The molecule has 0 saturated heterocycles. The zero-order valence-corrected chi connectivity index (χ0v) is 13.6. The summed E-state index contributed by atoms with van der Waals surface area (Å²) in [6.45, 7) is 6.08. The van der Waals surface area contributed by atoms with Gasteiger partial charge in [-0.3, -0.25) is 0 Å². The highest BCUT2D eigenvalue weighted by atomic mass is 79.9. The van der Waals surface area contributed by atoms with Crippen LogP contribution in [-0.2, 0) is 0 Å². The average molecular weight is 334 g/mol. The van der Waals surface area contributed by atoms with Gasteiger partial charge in [0.05, 0.1) is 0 Å². The van der Waals surface area contributed by atoms with Gasteiger partial charge in [0.25, 0.3) is 0 Å². The molecule has 0 aliphatic rings. The maximum Gasteiger partial charge on any atom is 0.138 e. The van der Waals surface area contributed by atoms with Crippen LogP contribution in [0.5, 0.6) is 5.75 Å².